The molecule has 0 radical (unpaired) electrons. The van der Waals surface area contributed by atoms with Gasteiger partial charge in [0.2, 0.25) is 0 Å². The zero-order chi connectivity index (χ0) is 20.3. The fourth-order valence-electron chi connectivity index (χ4n) is 2.63. The van der Waals surface area contributed by atoms with Crippen molar-refractivity contribution in [2.45, 2.75) is 0 Å². The van der Waals surface area contributed by atoms with Crippen LogP contribution in [0, 0.1) is 11.3 Å². The summed E-state index contributed by atoms with van der Waals surface area (Å²) >= 11 is 5.83. The minimum Gasteiger partial charge on any atom is -0.464 e. The average molecular weight is 395 g/mol. The van der Waals surface area contributed by atoms with Crippen LogP contribution in [0.4, 0.5) is 11.4 Å². The molecule has 0 atom stereocenters. The van der Waals surface area contributed by atoms with Crippen molar-refractivity contribution in [3.8, 4) is 11.8 Å². The quantitative estimate of drug-likeness (QED) is 0.656. The van der Waals surface area contributed by atoms with Gasteiger partial charge in [0, 0.05) is 28.2 Å². The Labute approximate surface area is 165 Å². The largest absolute Gasteiger partial charge is 0.464 e. The van der Waals surface area contributed by atoms with Crippen molar-refractivity contribution >= 4 is 34.9 Å². The van der Waals surface area contributed by atoms with Crippen LogP contribution in [0.2, 0.25) is 5.02 Å². The summed E-state index contributed by atoms with van der Waals surface area (Å²) in [5, 5.41) is 12.5. The number of anilines is 2. The van der Waals surface area contributed by atoms with E-state index in [1.54, 1.807) is 48.5 Å². The van der Waals surface area contributed by atoms with Crippen molar-refractivity contribution in [2.24, 2.45) is 0 Å². The first-order valence-corrected chi connectivity index (χ1v) is 8.49. The summed E-state index contributed by atoms with van der Waals surface area (Å²) in [5.74, 6) is -0.963. The highest BCUT2D eigenvalue weighted by molar-refractivity contribution is 6.30. The van der Waals surface area contributed by atoms with Crippen LogP contribution in [0.5, 0.6) is 0 Å². The number of hydrogen-bond donors (Lipinski definition) is 2. The summed E-state index contributed by atoms with van der Waals surface area (Å²) in [6.07, 6.45) is 1.45. The average Bonchev–Trinajstić information content (AvgIpc) is 3.05. The van der Waals surface area contributed by atoms with Gasteiger partial charge in [-0.15, -0.1) is 0 Å². The number of ether oxygens (including phenoxy) is 1. The Morgan fingerprint density at radius 3 is 2.36 bits per heavy atom. The first kappa shape index (κ1) is 19.0. The highest BCUT2D eigenvalue weighted by Crippen LogP contribution is 2.25. The number of methoxy groups -OCH3 is 1. The molecule has 140 valence electrons. The minimum atomic E-state index is -0.663. The molecule has 0 bridgehead atoms. The van der Waals surface area contributed by atoms with E-state index in [0.29, 0.717) is 22.0 Å². The molecule has 28 heavy (non-hydrogen) atoms. The fraction of sp³-hybridized carbons (Fsp3) is 0.0500. The molecule has 0 saturated carbocycles. The Hall–Kier alpha value is -3.76. The fourth-order valence-corrected chi connectivity index (χ4v) is 2.75. The Morgan fingerprint density at radius 1 is 1.14 bits per heavy atom. The number of benzene rings is 2. The number of nitrogens with one attached hydrogen (secondary N) is 1. The van der Waals surface area contributed by atoms with Crippen LogP contribution in [0.15, 0.2) is 54.7 Å². The van der Waals surface area contributed by atoms with Crippen LogP contribution >= 0.6 is 11.6 Å². The first-order chi connectivity index (χ1) is 13.4. The van der Waals surface area contributed by atoms with E-state index in [0.717, 1.165) is 0 Å². The first-order valence-electron chi connectivity index (χ1n) is 8.11. The summed E-state index contributed by atoms with van der Waals surface area (Å²) in [7, 11) is 1.23. The number of nitrogen functional groups attached to an aromatic ring is 1. The normalized spacial score (nSPS) is 10.2. The van der Waals surface area contributed by atoms with Crippen molar-refractivity contribution in [1.82, 2.24) is 4.57 Å². The molecule has 0 spiro atoms. The second kappa shape index (κ2) is 7.86. The molecular formula is C20H15ClN4O3. The van der Waals surface area contributed by atoms with Crippen LogP contribution in [0.1, 0.15) is 26.4 Å². The van der Waals surface area contributed by atoms with Crippen LogP contribution in [0.25, 0.3) is 5.69 Å². The number of carbonyl (C=O) groups excluding carboxylic acids is 2. The highest BCUT2D eigenvalue weighted by atomic mass is 35.5. The third-order valence-electron chi connectivity index (χ3n) is 4.05. The van der Waals surface area contributed by atoms with E-state index >= 15 is 0 Å². The molecule has 8 heteroatoms. The maximum Gasteiger partial charge on any atom is 0.357 e. The minimum absolute atomic E-state index is 0.0407. The number of nitrogens with two attached hydrogens (primary N) is 1. The molecule has 0 aliphatic rings. The number of halogens is 1. The molecule has 3 N–H and O–H groups in total. The topological polar surface area (TPSA) is 110 Å². The van der Waals surface area contributed by atoms with E-state index in [1.807, 2.05) is 6.07 Å². The van der Waals surface area contributed by atoms with Crippen molar-refractivity contribution in [2.75, 3.05) is 18.2 Å². The molecule has 0 saturated heterocycles. The monoisotopic (exact) mass is 394 g/mol. The highest BCUT2D eigenvalue weighted by Gasteiger charge is 2.21. The second-order valence-electron chi connectivity index (χ2n) is 5.79. The number of rotatable bonds is 4. The lowest BCUT2D eigenvalue weighted by molar-refractivity contribution is 0.0593. The number of hydrogen-bond acceptors (Lipinski definition) is 5. The molecule has 0 aliphatic carbocycles. The Morgan fingerprint density at radius 2 is 1.79 bits per heavy atom. The maximum atomic E-state index is 12.4. The van der Waals surface area contributed by atoms with Crippen LogP contribution in [0.3, 0.4) is 0 Å². The van der Waals surface area contributed by atoms with Gasteiger partial charge in [-0.1, -0.05) is 11.6 Å². The van der Waals surface area contributed by atoms with Gasteiger partial charge in [-0.25, -0.2) is 4.79 Å². The zero-order valence-electron chi connectivity index (χ0n) is 14.8. The van der Waals surface area contributed by atoms with Gasteiger partial charge in [0.15, 0.2) is 5.69 Å². The van der Waals surface area contributed by atoms with Gasteiger partial charge in [-0.2, -0.15) is 5.26 Å². The SMILES string of the molecule is COC(=O)c1c(N)c(C#N)cn1-c1ccc(C(=O)Nc2ccc(Cl)cc2)cc1. The molecule has 0 unspecified atom stereocenters. The van der Waals surface area contributed by atoms with E-state index in [2.05, 4.69) is 5.32 Å². The van der Waals surface area contributed by atoms with Crippen LogP contribution < -0.4 is 11.1 Å². The van der Waals surface area contributed by atoms with E-state index < -0.39 is 5.97 Å². The van der Waals surface area contributed by atoms with Gasteiger partial charge in [0.05, 0.1) is 18.4 Å². The molecule has 1 aromatic heterocycles. The lowest BCUT2D eigenvalue weighted by Gasteiger charge is -2.10. The third kappa shape index (κ3) is 3.68. The van der Waals surface area contributed by atoms with E-state index in [1.165, 1.54) is 17.9 Å². The van der Waals surface area contributed by atoms with Gasteiger partial charge < -0.3 is 20.4 Å². The number of carbonyl (C=O) groups is 2. The van der Waals surface area contributed by atoms with Gasteiger partial charge in [0.1, 0.15) is 6.07 Å². The van der Waals surface area contributed by atoms with Crippen molar-refractivity contribution in [1.29, 1.82) is 5.26 Å². The van der Waals surface area contributed by atoms with E-state index in [-0.39, 0.29) is 22.9 Å². The molecule has 1 amide bonds. The number of esters is 1. The molecule has 7 nitrogen and oxygen atoms in total. The molecule has 3 aromatic rings. The predicted octanol–water partition coefficient (Wildman–Crippen LogP) is 3.62. The molecule has 0 fully saturated rings. The van der Waals surface area contributed by atoms with Gasteiger partial charge in [0.25, 0.3) is 5.91 Å². The summed E-state index contributed by atoms with van der Waals surface area (Å²) in [5.41, 5.74) is 7.72. The number of nitrogens with zero attached hydrogens (tertiary/aromatic N) is 2. The van der Waals surface area contributed by atoms with Crippen molar-refractivity contribution in [3.63, 3.8) is 0 Å². The summed E-state index contributed by atoms with van der Waals surface area (Å²) in [6.45, 7) is 0. The van der Waals surface area contributed by atoms with Crippen LogP contribution in [-0.2, 0) is 4.74 Å². The number of aromatic nitrogens is 1. The van der Waals surface area contributed by atoms with E-state index in [9.17, 15) is 14.9 Å². The summed E-state index contributed by atoms with van der Waals surface area (Å²) in [6, 6.07) is 15.2. The smallest absolute Gasteiger partial charge is 0.357 e. The predicted molar refractivity (Wildman–Crippen MR) is 106 cm³/mol. The van der Waals surface area contributed by atoms with Crippen LogP contribution in [-0.4, -0.2) is 23.6 Å². The number of amides is 1. The number of nitriles is 1. The maximum absolute atomic E-state index is 12.4. The molecule has 3 rings (SSSR count). The molecular weight excluding hydrogens is 380 g/mol. The zero-order valence-corrected chi connectivity index (χ0v) is 15.5. The molecule has 1 heterocycles. The Bertz CT molecular complexity index is 1080. The van der Waals surface area contributed by atoms with Crippen molar-refractivity contribution < 1.29 is 14.3 Å². The Balaban J connectivity index is 1.89. The summed E-state index contributed by atoms with van der Waals surface area (Å²) < 4.78 is 6.21. The third-order valence-corrected chi connectivity index (χ3v) is 4.31. The lowest BCUT2D eigenvalue weighted by Crippen LogP contribution is -2.13. The van der Waals surface area contributed by atoms with E-state index in [4.69, 9.17) is 22.1 Å². The lowest BCUT2D eigenvalue weighted by atomic mass is 10.2. The van der Waals surface area contributed by atoms with Crippen molar-refractivity contribution in [3.05, 3.63) is 76.6 Å². The summed E-state index contributed by atoms with van der Waals surface area (Å²) in [4.78, 5) is 24.4. The van der Waals surface area contributed by atoms with Gasteiger partial charge in [-0.3, -0.25) is 4.79 Å². The second-order valence-corrected chi connectivity index (χ2v) is 6.22. The molecule has 2 aromatic carbocycles. The van der Waals surface area contributed by atoms with Gasteiger partial charge in [-0.05, 0) is 48.5 Å². The van der Waals surface area contributed by atoms with Gasteiger partial charge >= 0.3 is 5.97 Å². The Kier molecular flexibility index (Phi) is 5.34. The molecule has 0 aliphatic heterocycles. The standard InChI is InChI=1S/C20H15ClN4O3/c1-28-20(27)18-17(23)13(10-22)11-25(18)16-8-2-12(3-9-16)19(26)24-15-6-4-14(21)5-7-15/h2-9,11H,23H2,1H3,(H,24,26).